The number of carbonyl (C=O) groups excluding carboxylic acids is 2. The minimum atomic E-state index is -0.746. The number of halogens is 2. The molecule has 0 aliphatic carbocycles. The molecule has 2 N–H and O–H groups in total. The van der Waals surface area contributed by atoms with Crippen molar-refractivity contribution in [3.8, 4) is 0 Å². The largest absolute Gasteiger partial charge is 0.344 e. The Morgan fingerprint density at radius 2 is 1.57 bits per heavy atom. The number of hydrogen-bond donors (Lipinski definition) is 2. The van der Waals surface area contributed by atoms with E-state index < -0.39 is 11.8 Å². The number of carbonyl (C=O) groups is 2. The van der Waals surface area contributed by atoms with Gasteiger partial charge in [-0.25, -0.2) is 0 Å². The molecule has 0 spiro atoms. The van der Waals surface area contributed by atoms with Gasteiger partial charge in [0.2, 0.25) is 0 Å². The summed E-state index contributed by atoms with van der Waals surface area (Å²) in [4.78, 5) is 23.4. The van der Waals surface area contributed by atoms with Crippen LogP contribution < -0.4 is 10.6 Å². The van der Waals surface area contributed by atoms with Crippen LogP contribution in [0, 0.1) is 0 Å². The fraction of sp³-hybridized carbons (Fsp3) is 0.0667. The van der Waals surface area contributed by atoms with E-state index in [-0.39, 0.29) is 6.54 Å². The van der Waals surface area contributed by atoms with E-state index in [9.17, 15) is 9.59 Å². The lowest BCUT2D eigenvalue weighted by Gasteiger charge is -2.07. The standard InChI is InChI=1S/C15H12Cl2N2O2/c16-11-5-7-12(8-6-11)19-15(21)14(20)18-9-10-3-1-2-4-13(10)17/h1-8H,9H2,(H,18,20)(H,19,21). The molecule has 0 heterocycles. The number of benzene rings is 2. The van der Waals surface area contributed by atoms with Gasteiger partial charge in [-0.3, -0.25) is 9.59 Å². The zero-order valence-electron chi connectivity index (χ0n) is 10.9. The zero-order valence-corrected chi connectivity index (χ0v) is 12.4. The van der Waals surface area contributed by atoms with Gasteiger partial charge in [0.25, 0.3) is 0 Å². The first-order valence-electron chi connectivity index (χ1n) is 6.14. The van der Waals surface area contributed by atoms with E-state index in [1.54, 1.807) is 48.5 Å². The van der Waals surface area contributed by atoms with Gasteiger partial charge >= 0.3 is 11.8 Å². The molecule has 108 valence electrons. The summed E-state index contributed by atoms with van der Waals surface area (Å²) in [5.41, 5.74) is 1.24. The monoisotopic (exact) mass is 322 g/mol. The van der Waals surface area contributed by atoms with Crippen LogP contribution in [0.1, 0.15) is 5.56 Å². The lowest BCUT2D eigenvalue weighted by Crippen LogP contribution is -2.35. The highest BCUT2D eigenvalue weighted by Gasteiger charge is 2.13. The SMILES string of the molecule is O=C(NCc1ccccc1Cl)C(=O)Nc1ccc(Cl)cc1. The Morgan fingerprint density at radius 3 is 2.24 bits per heavy atom. The molecule has 0 atom stereocenters. The second-order valence-corrected chi connectivity index (χ2v) is 5.08. The summed E-state index contributed by atoms with van der Waals surface area (Å²) in [6, 6.07) is 13.6. The van der Waals surface area contributed by atoms with E-state index in [1.807, 2.05) is 0 Å². The summed E-state index contributed by atoms with van der Waals surface area (Å²) in [7, 11) is 0. The maximum Gasteiger partial charge on any atom is 0.313 e. The molecule has 0 saturated heterocycles. The molecule has 4 nitrogen and oxygen atoms in total. The molecule has 2 aromatic carbocycles. The Labute approximate surface area is 132 Å². The number of amides is 2. The Bertz CT molecular complexity index is 657. The van der Waals surface area contributed by atoms with Gasteiger partial charge in [-0.2, -0.15) is 0 Å². The summed E-state index contributed by atoms with van der Waals surface area (Å²) < 4.78 is 0. The topological polar surface area (TPSA) is 58.2 Å². The van der Waals surface area contributed by atoms with Crippen molar-refractivity contribution in [3.05, 3.63) is 64.1 Å². The minimum Gasteiger partial charge on any atom is -0.344 e. The van der Waals surface area contributed by atoms with E-state index in [2.05, 4.69) is 10.6 Å². The molecule has 0 bridgehead atoms. The van der Waals surface area contributed by atoms with Crippen molar-refractivity contribution in [1.29, 1.82) is 0 Å². The van der Waals surface area contributed by atoms with Gasteiger partial charge < -0.3 is 10.6 Å². The average molecular weight is 323 g/mol. The van der Waals surface area contributed by atoms with E-state index >= 15 is 0 Å². The Kier molecular flexibility index (Phi) is 5.20. The summed E-state index contributed by atoms with van der Waals surface area (Å²) in [6.45, 7) is 0.187. The first-order chi connectivity index (χ1) is 10.1. The number of anilines is 1. The van der Waals surface area contributed by atoms with E-state index in [1.165, 1.54) is 0 Å². The van der Waals surface area contributed by atoms with Gasteiger partial charge in [-0.1, -0.05) is 41.4 Å². The maximum atomic E-state index is 11.7. The van der Waals surface area contributed by atoms with Crippen molar-refractivity contribution in [2.24, 2.45) is 0 Å². The zero-order chi connectivity index (χ0) is 15.2. The fourth-order valence-corrected chi connectivity index (χ4v) is 1.95. The molecular weight excluding hydrogens is 311 g/mol. The number of rotatable bonds is 3. The lowest BCUT2D eigenvalue weighted by molar-refractivity contribution is -0.136. The summed E-state index contributed by atoms with van der Waals surface area (Å²) in [5.74, 6) is -1.48. The van der Waals surface area contributed by atoms with Crippen molar-refractivity contribution in [2.45, 2.75) is 6.54 Å². The maximum absolute atomic E-state index is 11.7. The van der Waals surface area contributed by atoms with Crippen LogP contribution in [0.15, 0.2) is 48.5 Å². The second kappa shape index (κ2) is 7.11. The Hall–Kier alpha value is -2.04. The van der Waals surface area contributed by atoms with Gasteiger partial charge in [-0.05, 0) is 35.9 Å². The number of nitrogens with one attached hydrogen (secondary N) is 2. The van der Waals surface area contributed by atoms with Gasteiger partial charge in [0.1, 0.15) is 0 Å². The Balaban J connectivity index is 1.90. The molecule has 0 aliphatic heterocycles. The highest BCUT2D eigenvalue weighted by atomic mass is 35.5. The van der Waals surface area contributed by atoms with E-state index in [0.717, 1.165) is 5.56 Å². The van der Waals surface area contributed by atoms with Crippen molar-refractivity contribution < 1.29 is 9.59 Å². The molecular formula is C15H12Cl2N2O2. The molecule has 21 heavy (non-hydrogen) atoms. The third kappa shape index (κ3) is 4.48. The van der Waals surface area contributed by atoms with Crippen molar-refractivity contribution >= 4 is 40.7 Å². The van der Waals surface area contributed by atoms with Crippen LogP contribution in [0.2, 0.25) is 10.0 Å². The summed E-state index contributed by atoms with van der Waals surface area (Å²) in [6.07, 6.45) is 0. The quantitative estimate of drug-likeness (QED) is 0.852. The average Bonchev–Trinajstić information content (AvgIpc) is 2.48. The summed E-state index contributed by atoms with van der Waals surface area (Å²) in [5, 5.41) is 6.08. The van der Waals surface area contributed by atoms with Crippen LogP contribution in [0.25, 0.3) is 0 Å². The van der Waals surface area contributed by atoms with Crippen molar-refractivity contribution in [2.75, 3.05) is 5.32 Å². The second-order valence-electron chi connectivity index (χ2n) is 4.24. The van der Waals surface area contributed by atoms with E-state index in [0.29, 0.717) is 15.7 Å². The molecule has 2 aromatic rings. The van der Waals surface area contributed by atoms with Crippen LogP contribution >= 0.6 is 23.2 Å². The molecule has 0 aliphatic rings. The molecule has 6 heteroatoms. The first kappa shape index (κ1) is 15.4. The van der Waals surface area contributed by atoms with Gasteiger partial charge in [-0.15, -0.1) is 0 Å². The molecule has 0 radical (unpaired) electrons. The van der Waals surface area contributed by atoms with E-state index in [4.69, 9.17) is 23.2 Å². The predicted octanol–water partition coefficient (Wildman–Crippen LogP) is 3.25. The van der Waals surface area contributed by atoms with Crippen molar-refractivity contribution in [3.63, 3.8) is 0 Å². The van der Waals surface area contributed by atoms with Gasteiger partial charge in [0.15, 0.2) is 0 Å². The highest BCUT2D eigenvalue weighted by molar-refractivity contribution is 6.39. The molecule has 0 fully saturated rings. The van der Waals surface area contributed by atoms with Crippen LogP contribution in [-0.4, -0.2) is 11.8 Å². The first-order valence-corrected chi connectivity index (χ1v) is 6.90. The van der Waals surface area contributed by atoms with Crippen LogP contribution in [-0.2, 0) is 16.1 Å². The van der Waals surface area contributed by atoms with Gasteiger partial charge in [0.05, 0.1) is 0 Å². The molecule has 2 amide bonds. The van der Waals surface area contributed by atoms with Crippen LogP contribution in [0.5, 0.6) is 0 Å². The lowest BCUT2D eigenvalue weighted by atomic mass is 10.2. The molecule has 0 unspecified atom stereocenters. The third-order valence-electron chi connectivity index (χ3n) is 2.71. The molecule has 2 rings (SSSR count). The molecule has 0 saturated carbocycles. The predicted molar refractivity (Wildman–Crippen MR) is 83.4 cm³/mol. The summed E-state index contributed by atoms with van der Waals surface area (Å²) >= 11 is 11.7. The number of hydrogen-bond acceptors (Lipinski definition) is 2. The van der Waals surface area contributed by atoms with Crippen LogP contribution in [0.4, 0.5) is 5.69 Å². The Morgan fingerprint density at radius 1 is 0.905 bits per heavy atom. The fourth-order valence-electron chi connectivity index (χ4n) is 1.62. The smallest absolute Gasteiger partial charge is 0.313 e. The normalized spacial score (nSPS) is 10.0. The third-order valence-corrected chi connectivity index (χ3v) is 3.33. The van der Waals surface area contributed by atoms with Gasteiger partial charge in [0, 0.05) is 22.3 Å². The molecule has 0 aromatic heterocycles. The minimum absolute atomic E-state index is 0.187. The highest BCUT2D eigenvalue weighted by Crippen LogP contribution is 2.15. The van der Waals surface area contributed by atoms with Crippen molar-refractivity contribution in [1.82, 2.24) is 5.32 Å². The van der Waals surface area contributed by atoms with Crippen LogP contribution in [0.3, 0.4) is 0 Å².